The van der Waals surface area contributed by atoms with Crippen LogP contribution in [-0.2, 0) is 21.2 Å². The van der Waals surface area contributed by atoms with Gasteiger partial charge in [0.15, 0.2) is 9.84 Å². The summed E-state index contributed by atoms with van der Waals surface area (Å²) in [7, 11) is -2.85. The molecule has 1 amide bonds. The first-order valence-corrected chi connectivity index (χ1v) is 9.48. The number of thioether (sulfide) groups is 1. The highest BCUT2D eigenvalue weighted by Gasteiger charge is 2.28. The van der Waals surface area contributed by atoms with Crippen LogP contribution in [0.2, 0.25) is 0 Å². The number of rotatable bonds is 7. The number of carbonyl (C=O) groups excluding carboxylic acids is 1. The van der Waals surface area contributed by atoms with Gasteiger partial charge in [-0.2, -0.15) is 5.10 Å². The van der Waals surface area contributed by atoms with Crippen LogP contribution in [-0.4, -0.2) is 53.2 Å². The fourth-order valence-corrected chi connectivity index (χ4v) is 5.51. The minimum atomic E-state index is -2.85. The number of hydrogen-bond acceptors (Lipinski definition) is 5. The van der Waals surface area contributed by atoms with E-state index in [2.05, 4.69) is 10.4 Å². The van der Waals surface area contributed by atoms with E-state index in [1.165, 1.54) is 11.8 Å². The first-order chi connectivity index (χ1) is 9.55. The van der Waals surface area contributed by atoms with Crippen molar-refractivity contribution in [3.63, 3.8) is 0 Å². The Morgan fingerprint density at radius 2 is 2.35 bits per heavy atom. The van der Waals surface area contributed by atoms with Crippen molar-refractivity contribution in [2.24, 2.45) is 0 Å². The lowest BCUT2D eigenvalue weighted by Crippen LogP contribution is -2.27. The predicted molar refractivity (Wildman–Crippen MR) is 79.4 cm³/mol. The van der Waals surface area contributed by atoms with Crippen molar-refractivity contribution >= 4 is 27.5 Å². The topological polar surface area (TPSA) is 81.1 Å². The van der Waals surface area contributed by atoms with Crippen LogP contribution in [0, 0.1) is 0 Å². The number of amides is 1. The van der Waals surface area contributed by atoms with E-state index < -0.39 is 9.84 Å². The average molecular weight is 317 g/mol. The highest BCUT2D eigenvalue weighted by molar-refractivity contribution is 8.02. The van der Waals surface area contributed by atoms with Crippen LogP contribution in [0.15, 0.2) is 18.5 Å². The molecule has 0 saturated carbocycles. The van der Waals surface area contributed by atoms with Crippen molar-refractivity contribution in [1.82, 2.24) is 15.1 Å². The van der Waals surface area contributed by atoms with Gasteiger partial charge in [0.1, 0.15) is 0 Å². The third-order valence-corrected chi connectivity index (χ3v) is 6.37. The van der Waals surface area contributed by atoms with Gasteiger partial charge >= 0.3 is 0 Å². The van der Waals surface area contributed by atoms with Gasteiger partial charge in [-0.3, -0.25) is 9.48 Å². The lowest BCUT2D eigenvalue weighted by Gasteiger charge is -2.08. The van der Waals surface area contributed by atoms with Crippen LogP contribution in [0.5, 0.6) is 0 Å². The van der Waals surface area contributed by atoms with Crippen molar-refractivity contribution in [3.05, 3.63) is 18.5 Å². The summed E-state index contributed by atoms with van der Waals surface area (Å²) >= 11 is 1.44. The molecule has 1 fully saturated rings. The summed E-state index contributed by atoms with van der Waals surface area (Å²) in [5.74, 6) is 0.780. The summed E-state index contributed by atoms with van der Waals surface area (Å²) in [5, 5.41) is 7.00. The minimum Gasteiger partial charge on any atom is -0.355 e. The lowest BCUT2D eigenvalue weighted by atomic mass is 10.4. The van der Waals surface area contributed by atoms with E-state index in [4.69, 9.17) is 0 Å². The molecule has 6 nitrogen and oxygen atoms in total. The van der Waals surface area contributed by atoms with Gasteiger partial charge in [0, 0.05) is 30.7 Å². The van der Waals surface area contributed by atoms with Crippen molar-refractivity contribution < 1.29 is 13.2 Å². The molecule has 1 saturated heterocycles. The van der Waals surface area contributed by atoms with Gasteiger partial charge in [-0.1, -0.05) is 0 Å². The van der Waals surface area contributed by atoms with Gasteiger partial charge in [0.2, 0.25) is 5.91 Å². The molecule has 112 valence electrons. The molecule has 8 heteroatoms. The molecule has 0 bridgehead atoms. The Morgan fingerprint density at radius 1 is 1.50 bits per heavy atom. The summed E-state index contributed by atoms with van der Waals surface area (Å²) in [6.45, 7) is 1.39. The minimum absolute atomic E-state index is 0.0280. The molecule has 1 aliphatic heterocycles. The number of aromatic nitrogens is 2. The molecule has 20 heavy (non-hydrogen) atoms. The Bertz CT molecular complexity index is 528. The number of nitrogens with one attached hydrogen (secondary N) is 1. The molecule has 1 aliphatic rings. The molecule has 1 N–H and O–H groups in total. The van der Waals surface area contributed by atoms with Crippen molar-refractivity contribution in [2.75, 3.05) is 23.8 Å². The monoisotopic (exact) mass is 317 g/mol. The SMILES string of the molecule is O=C(CS[C@@H]1CCS(=O)(=O)C1)NCCCn1cccn1. The van der Waals surface area contributed by atoms with Crippen molar-refractivity contribution in [1.29, 1.82) is 0 Å². The summed E-state index contributed by atoms with van der Waals surface area (Å²) in [6.07, 6.45) is 5.11. The van der Waals surface area contributed by atoms with Gasteiger partial charge in [-0.15, -0.1) is 11.8 Å². The second kappa shape index (κ2) is 7.12. The number of sulfone groups is 1. The maximum Gasteiger partial charge on any atom is 0.230 e. The second-order valence-corrected chi connectivity index (χ2v) is 8.33. The summed E-state index contributed by atoms with van der Waals surface area (Å²) in [5.41, 5.74) is 0. The van der Waals surface area contributed by atoms with E-state index in [1.807, 2.05) is 16.9 Å². The first-order valence-electron chi connectivity index (χ1n) is 6.61. The van der Waals surface area contributed by atoms with Gasteiger partial charge in [-0.05, 0) is 18.9 Å². The molecule has 0 spiro atoms. The van der Waals surface area contributed by atoms with E-state index in [9.17, 15) is 13.2 Å². The maximum atomic E-state index is 11.6. The molecule has 0 radical (unpaired) electrons. The summed E-state index contributed by atoms with van der Waals surface area (Å²) in [4.78, 5) is 11.6. The molecule has 0 unspecified atom stereocenters. The van der Waals surface area contributed by atoms with E-state index in [0.29, 0.717) is 18.7 Å². The highest BCUT2D eigenvalue weighted by Crippen LogP contribution is 2.23. The third kappa shape index (κ3) is 5.16. The zero-order chi connectivity index (χ0) is 14.4. The Morgan fingerprint density at radius 3 is 3.00 bits per heavy atom. The summed E-state index contributed by atoms with van der Waals surface area (Å²) in [6, 6.07) is 1.87. The first kappa shape index (κ1) is 15.4. The quantitative estimate of drug-likeness (QED) is 0.732. The lowest BCUT2D eigenvalue weighted by molar-refractivity contribution is -0.118. The molecule has 1 atom stereocenters. The Hall–Kier alpha value is -1.02. The van der Waals surface area contributed by atoms with Crippen LogP contribution in [0.3, 0.4) is 0 Å². The molecule has 0 aliphatic carbocycles. The standard InChI is InChI=1S/C12H19N3O3S2/c16-12(9-19-11-3-8-20(17,18)10-11)13-4-1-6-15-7-2-5-14-15/h2,5,7,11H,1,3-4,6,8-10H2,(H,13,16)/t11-/m1/s1. The van der Waals surface area contributed by atoms with E-state index in [0.717, 1.165) is 13.0 Å². The predicted octanol–water partition coefficient (Wildman–Crippen LogP) is 0.310. The van der Waals surface area contributed by atoms with Crippen LogP contribution >= 0.6 is 11.8 Å². The molecule has 0 aromatic carbocycles. The maximum absolute atomic E-state index is 11.6. The average Bonchev–Trinajstić information content (AvgIpc) is 3.01. The Labute approximate surface area is 123 Å². The zero-order valence-corrected chi connectivity index (χ0v) is 12.8. The second-order valence-electron chi connectivity index (χ2n) is 4.81. The van der Waals surface area contributed by atoms with Gasteiger partial charge < -0.3 is 5.32 Å². The highest BCUT2D eigenvalue weighted by atomic mass is 32.2. The molecule has 1 aromatic rings. The fourth-order valence-electron chi connectivity index (χ4n) is 2.04. The largest absolute Gasteiger partial charge is 0.355 e. The van der Waals surface area contributed by atoms with E-state index >= 15 is 0 Å². The van der Waals surface area contributed by atoms with Crippen LogP contribution in [0.1, 0.15) is 12.8 Å². The molecular weight excluding hydrogens is 298 g/mol. The van der Waals surface area contributed by atoms with Crippen LogP contribution < -0.4 is 5.32 Å². The van der Waals surface area contributed by atoms with Gasteiger partial charge in [0.25, 0.3) is 0 Å². The van der Waals surface area contributed by atoms with E-state index in [-0.39, 0.29) is 22.7 Å². The van der Waals surface area contributed by atoms with E-state index in [1.54, 1.807) is 6.20 Å². The van der Waals surface area contributed by atoms with Gasteiger partial charge in [-0.25, -0.2) is 8.42 Å². The van der Waals surface area contributed by atoms with Crippen molar-refractivity contribution in [3.8, 4) is 0 Å². The van der Waals surface area contributed by atoms with Crippen LogP contribution in [0.4, 0.5) is 0 Å². The number of hydrogen-bond donors (Lipinski definition) is 1. The normalized spacial score (nSPS) is 20.9. The number of aryl methyl sites for hydroxylation is 1. The molecule has 2 heterocycles. The molecular formula is C12H19N3O3S2. The smallest absolute Gasteiger partial charge is 0.230 e. The van der Waals surface area contributed by atoms with Crippen molar-refractivity contribution in [2.45, 2.75) is 24.6 Å². The Balaban J connectivity index is 1.54. The molecule has 2 rings (SSSR count). The summed E-state index contributed by atoms with van der Waals surface area (Å²) < 4.78 is 24.4. The number of nitrogens with zero attached hydrogens (tertiary/aromatic N) is 2. The zero-order valence-electron chi connectivity index (χ0n) is 11.2. The third-order valence-electron chi connectivity index (χ3n) is 3.09. The Kier molecular flexibility index (Phi) is 5.47. The fraction of sp³-hybridized carbons (Fsp3) is 0.667. The van der Waals surface area contributed by atoms with Gasteiger partial charge in [0.05, 0.1) is 17.3 Å². The molecule has 1 aromatic heterocycles. The number of carbonyl (C=O) groups is 1. The van der Waals surface area contributed by atoms with Crippen LogP contribution in [0.25, 0.3) is 0 Å².